The maximum atomic E-state index is 12.7. The average Bonchev–Trinajstić information content (AvgIpc) is 3.16. The van der Waals surface area contributed by atoms with E-state index in [-0.39, 0.29) is 32.2 Å². The third kappa shape index (κ3) is 41.6. The zero-order chi connectivity index (χ0) is 42.3. The van der Waals surface area contributed by atoms with Crippen LogP contribution in [0.15, 0.2) is 60.8 Å². The van der Waals surface area contributed by atoms with Crippen LogP contribution >= 0.6 is 7.82 Å². The number of phosphoric acid groups is 1. The number of unbranched alkanes of at least 4 members (excludes halogenated alkanes) is 12. The Morgan fingerprint density at radius 1 is 0.614 bits per heavy atom. The number of quaternary nitrogens is 1. The molecule has 0 rings (SSSR count). The molecule has 0 saturated carbocycles. The van der Waals surface area contributed by atoms with Crippen LogP contribution in [-0.4, -0.2) is 86.1 Å². The summed E-state index contributed by atoms with van der Waals surface area (Å²) in [7, 11) is 1.41. The number of aliphatic hydroxyl groups is 1. The van der Waals surface area contributed by atoms with E-state index in [0.29, 0.717) is 23.9 Å². The quantitative estimate of drug-likeness (QED) is 0.0205. The van der Waals surface area contributed by atoms with Crippen LogP contribution < -0.4 is 0 Å². The molecule has 11 heteroatoms. The zero-order valence-electron chi connectivity index (χ0n) is 36.7. The third-order valence-electron chi connectivity index (χ3n) is 9.18. The van der Waals surface area contributed by atoms with Crippen molar-refractivity contribution in [3.63, 3.8) is 0 Å². The molecule has 0 amide bonds. The number of nitrogens with zero attached hydrogens (tertiary/aromatic N) is 1. The Kier molecular flexibility index (Phi) is 36.4. The first-order chi connectivity index (χ1) is 27.4. The number of carbonyl (C=O) groups is 2. The highest BCUT2D eigenvalue weighted by Crippen LogP contribution is 2.43. The summed E-state index contributed by atoms with van der Waals surface area (Å²) in [6.07, 6.45) is 42.2. The topological polar surface area (TPSA) is 129 Å². The maximum absolute atomic E-state index is 12.7. The molecule has 0 fully saturated rings. The Bertz CT molecular complexity index is 1170. The van der Waals surface area contributed by atoms with Crippen molar-refractivity contribution in [2.45, 2.75) is 174 Å². The van der Waals surface area contributed by atoms with E-state index >= 15 is 0 Å². The van der Waals surface area contributed by atoms with Gasteiger partial charge in [0.2, 0.25) is 0 Å². The van der Waals surface area contributed by atoms with Crippen molar-refractivity contribution in [3.8, 4) is 0 Å². The molecule has 0 bridgehead atoms. The molecule has 0 aliphatic heterocycles. The maximum Gasteiger partial charge on any atom is 0.472 e. The van der Waals surface area contributed by atoms with Gasteiger partial charge in [0.05, 0.1) is 33.9 Å². The second kappa shape index (κ2) is 37.9. The van der Waals surface area contributed by atoms with Gasteiger partial charge in [-0.05, 0) is 83.5 Å². The number of esters is 2. The molecule has 0 aromatic carbocycles. The van der Waals surface area contributed by atoms with Crippen molar-refractivity contribution in [2.24, 2.45) is 0 Å². The minimum atomic E-state index is -4.40. The van der Waals surface area contributed by atoms with Gasteiger partial charge in [-0.2, -0.15) is 0 Å². The van der Waals surface area contributed by atoms with Crippen LogP contribution in [0.1, 0.15) is 162 Å². The van der Waals surface area contributed by atoms with Crippen molar-refractivity contribution >= 4 is 19.8 Å². The zero-order valence-corrected chi connectivity index (χ0v) is 37.6. The van der Waals surface area contributed by atoms with E-state index in [0.717, 1.165) is 77.0 Å². The fourth-order valence-corrected chi connectivity index (χ4v) is 6.25. The van der Waals surface area contributed by atoms with E-state index in [9.17, 15) is 24.2 Å². The molecule has 10 nitrogen and oxygen atoms in total. The van der Waals surface area contributed by atoms with E-state index in [1.165, 1.54) is 44.9 Å². The van der Waals surface area contributed by atoms with Gasteiger partial charge in [-0.1, -0.05) is 126 Å². The van der Waals surface area contributed by atoms with Gasteiger partial charge >= 0.3 is 19.8 Å². The minimum absolute atomic E-state index is 0.0136. The lowest BCUT2D eigenvalue weighted by molar-refractivity contribution is -0.870. The van der Waals surface area contributed by atoms with Crippen molar-refractivity contribution < 1.29 is 47.2 Å². The number of rotatable bonds is 39. The highest BCUT2D eigenvalue weighted by atomic mass is 31.2. The smallest absolute Gasteiger partial charge is 0.462 e. The molecule has 0 heterocycles. The van der Waals surface area contributed by atoms with E-state index < -0.39 is 32.5 Å². The monoisotopic (exact) mass is 825 g/mol. The highest BCUT2D eigenvalue weighted by molar-refractivity contribution is 7.47. The van der Waals surface area contributed by atoms with Crippen LogP contribution in [0.4, 0.5) is 0 Å². The van der Waals surface area contributed by atoms with Crippen molar-refractivity contribution in [1.29, 1.82) is 0 Å². The van der Waals surface area contributed by atoms with Crippen molar-refractivity contribution in [3.05, 3.63) is 60.8 Å². The Labute approximate surface area is 348 Å². The van der Waals surface area contributed by atoms with Gasteiger partial charge in [0.15, 0.2) is 6.10 Å². The predicted molar refractivity (Wildman–Crippen MR) is 235 cm³/mol. The first-order valence-corrected chi connectivity index (χ1v) is 23.6. The SMILES string of the molecule is CCCCCCCC/C=C\CCCCCCCC(=O)O[C@H](COC(=O)CCC/C=C\C/C=C\C/C=C\C/C=C\CC[C@@H](O)CC)COP(=O)(O)OCC[N+](C)(C)C. The van der Waals surface area contributed by atoms with Crippen LogP contribution in [0.3, 0.4) is 0 Å². The lowest BCUT2D eigenvalue weighted by Crippen LogP contribution is -2.37. The van der Waals surface area contributed by atoms with E-state index in [2.05, 4.69) is 61.6 Å². The number of likely N-dealkylation sites (N-methyl/N-ethyl adjacent to an activating group) is 1. The molecule has 0 radical (unpaired) electrons. The Morgan fingerprint density at radius 3 is 1.68 bits per heavy atom. The molecule has 0 aromatic rings. The standard InChI is InChI=1S/C46H82NO9P/c1-6-8-9-10-11-12-13-14-15-20-23-26-29-32-35-38-46(50)56-44(42-55-57(51,52)54-40-39-47(3,4)5)41-53-45(49)37-34-31-28-25-22-19-17-16-18-21-24-27-30-33-36-43(48)7-2/h14-15,17-19,21,25,27-28,30,43-44,48H,6-13,16,20,22-24,26,29,31-42H2,1-5H3/p+1/b15-14-,19-17-,21-18-,28-25-,30-27-/t43-,44+/m0/s1. The van der Waals surface area contributed by atoms with Gasteiger partial charge in [-0.25, -0.2) is 4.57 Å². The lowest BCUT2D eigenvalue weighted by Gasteiger charge is -2.24. The van der Waals surface area contributed by atoms with Crippen LogP contribution in [0.5, 0.6) is 0 Å². The normalized spacial score (nSPS) is 14.7. The molecule has 0 aliphatic rings. The van der Waals surface area contributed by atoms with Gasteiger partial charge in [0, 0.05) is 12.8 Å². The van der Waals surface area contributed by atoms with Crippen LogP contribution in [0.2, 0.25) is 0 Å². The molecule has 0 spiro atoms. The number of carbonyl (C=O) groups excluding carboxylic acids is 2. The summed E-state index contributed by atoms with van der Waals surface area (Å²) in [5, 5.41) is 9.56. The second-order valence-corrected chi connectivity index (χ2v) is 17.3. The molecule has 0 aromatic heterocycles. The average molecular weight is 825 g/mol. The fourth-order valence-electron chi connectivity index (χ4n) is 5.51. The molecular formula is C46H83NO9P+. The molecule has 57 heavy (non-hydrogen) atoms. The number of allylic oxidation sites excluding steroid dienone is 10. The highest BCUT2D eigenvalue weighted by Gasteiger charge is 2.27. The predicted octanol–water partition coefficient (Wildman–Crippen LogP) is 11.4. The number of hydrogen-bond acceptors (Lipinski definition) is 8. The molecule has 0 saturated heterocycles. The summed E-state index contributed by atoms with van der Waals surface area (Å²) in [5.41, 5.74) is 0. The van der Waals surface area contributed by atoms with Crippen LogP contribution in [0.25, 0.3) is 0 Å². The summed E-state index contributed by atoms with van der Waals surface area (Å²) in [5.74, 6) is -0.896. The molecule has 0 aliphatic carbocycles. The molecule has 2 N–H and O–H groups in total. The Balaban J connectivity index is 4.48. The Hall–Kier alpha value is -2.33. The van der Waals surface area contributed by atoms with Gasteiger partial charge in [-0.15, -0.1) is 0 Å². The number of hydrogen-bond donors (Lipinski definition) is 2. The second-order valence-electron chi connectivity index (χ2n) is 15.9. The first kappa shape index (κ1) is 54.7. The van der Waals surface area contributed by atoms with E-state index in [1.807, 2.05) is 34.1 Å². The molecule has 1 unspecified atom stereocenters. The summed E-state index contributed by atoms with van der Waals surface area (Å²) >= 11 is 0. The number of ether oxygens (including phenoxy) is 2. The lowest BCUT2D eigenvalue weighted by atomic mass is 10.1. The molecular weight excluding hydrogens is 741 g/mol. The third-order valence-corrected chi connectivity index (χ3v) is 10.2. The van der Waals surface area contributed by atoms with E-state index in [4.69, 9.17) is 18.5 Å². The molecule has 3 atom stereocenters. The van der Waals surface area contributed by atoms with E-state index in [1.54, 1.807) is 0 Å². The fraction of sp³-hybridized carbons (Fsp3) is 0.739. The van der Waals surface area contributed by atoms with Gasteiger partial charge in [-0.3, -0.25) is 18.6 Å². The minimum Gasteiger partial charge on any atom is -0.462 e. The number of aliphatic hydroxyl groups excluding tert-OH is 1. The van der Waals surface area contributed by atoms with Gasteiger partial charge in [0.25, 0.3) is 0 Å². The van der Waals surface area contributed by atoms with Crippen molar-refractivity contribution in [1.82, 2.24) is 0 Å². The summed E-state index contributed by atoms with van der Waals surface area (Å²) in [4.78, 5) is 35.3. The summed E-state index contributed by atoms with van der Waals surface area (Å²) < 4.78 is 34.2. The first-order valence-electron chi connectivity index (χ1n) is 22.1. The Morgan fingerprint density at radius 2 is 1.11 bits per heavy atom. The van der Waals surface area contributed by atoms with Gasteiger partial charge in [0.1, 0.15) is 19.8 Å². The van der Waals surface area contributed by atoms with Crippen LogP contribution in [0, 0.1) is 0 Å². The van der Waals surface area contributed by atoms with Crippen LogP contribution in [-0.2, 0) is 32.7 Å². The number of phosphoric ester groups is 1. The van der Waals surface area contributed by atoms with Crippen molar-refractivity contribution in [2.75, 3.05) is 47.5 Å². The summed E-state index contributed by atoms with van der Waals surface area (Å²) in [6.45, 7) is 4.04. The molecule has 330 valence electrons. The largest absolute Gasteiger partial charge is 0.472 e. The van der Waals surface area contributed by atoms with Gasteiger partial charge < -0.3 is 24.0 Å². The summed E-state index contributed by atoms with van der Waals surface area (Å²) in [6, 6.07) is 0.